The average Bonchev–Trinajstić information content (AvgIpc) is 2.47. The molecule has 1 aliphatic rings. The molecule has 0 bridgehead atoms. The fraction of sp³-hybridized carbons (Fsp3) is 0.471. The molecule has 4 nitrogen and oxygen atoms in total. The van der Waals surface area contributed by atoms with Gasteiger partial charge in [-0.1, -0.05) is 12.5 Å². The Bertz CT molecular complexity index is 525. The topological polar surface area (TPSA) is 49.8 Å². The SMILES string of the molecule is COc1ccc(C=CC(=O)O)cc1CN1CCCCC1C. The fourth-order valence-electron chi connectivity index (χ4n) is 2.80. The van der Waals surface area contributed by atoms with Crippen LogP contribution in [0.2, 0.25) is 0 Å². The first-order valence-electron chi connectivity index (χ1n) is 7.42. The van der Waals surface area contributed by atoms with Crippen LogP contribution in [0.4, 0.5) is 0 Å². The molecule has 1 atom stereocenters. The summed E-state index contributed by atoms with van der Waals surface area (Å²) in [6.45, 7) is 4.22. The van der Waals surface area contributed by atoms with Gasteiger partial charge in [-0.25, -0.2) is 4.79 Å². The van der Waals surface area contributed by atoms with Crippen molar-refractivity contribution in [1.82, 2.24) is 4.90 Å². The number of likely N-dealkylation sites (tertiary alicyclic amines) is 1. The van der Waals surface area contributed by atoms with Gasteiger partial charge in [-0.3, -0.25) is 4.90 Å². The van der Waals surface area contributed by atoms with Crippen LogP contribution in [0, 0.1) is 0 Å². The maximum absolute atomic E-state index is 10.6. The summed E-state index contributed by atoms with van der Waals surface area (Å²) in [4.78, 5) is 13.1. The Hall–Kier alpha value is -1.81. The van der Waals surface area contributed by atoms with Gasteiger partial charge >= 0.3 is 5.97 Å². The summed E-state index contributed by atoms with van der Waals surface area (Å²) in [5.74, 6) is -0.0720. The number of hydrogen-bond donors (Lipinski definition) is 1. The van der Waals surface area contributed by atoms with E-state index in [0.29, 0.717) is 6.04 Å². The standard InChI is InChI=1S/C17H23NO3/c1-13-5-3-4-10-18(13)12-15-11-14(7-9-17(19)20)6-8-16(15)21-2/h6-9,11,13H,3-5,10,12H2,1-2H3,(H,19,20). The molecular formula is C17H23NO3. The lowest BCUT2D eigenvalue weighted by atomic mass is 10.0. The molecule has 0 aromatic heterocycles. The van der Waals surface area contributed by atoms with E-state index in [-0.39, 0.29) is 0 Å². The van der Waals surface area contributed by atoms with E-state index in [0.717, 1.165) is 36.0 Å². The second kappa shape index (κ2) is 7.27. The number of hydrogen-bond acceptors (Lipinski definition) is 3. The second-order valence-corrected chi connectivity index (χ2v) is 5.56. The minimum Gasteiger partial charge on any atom is -0.496 e. The highest BCUT2D eigenvalue weighted by Crippen LogP contribution is 2.25. The van der Waals surface area contributed by atoms with Gasteiger partial charge in [0.05, 0.1) is 7.11 Å². The van der Waals surface area contributed by atoms with E-state index in [1.807, 2.05) is 18.2 Å². The van der Waals surface area contributed by atoms with Crippen LogP contribution in [0.25, 0.3) is 6.08 Å². The zero-order valence-corrected chi connectivity index (χ0v) is 12.7. The smallest absolute Gasteiger partial charge is 0.328 e. The van der Waals surface area contributed by atoms with E-state index in [4.69, 9.17) is 9.84 Å². The van der Waals surface area contributed by atoms with Crippen molar-refractivity contribution < 1.29 is 14.6 Å². The van der Waals surface area contributed by atoms with Crippen LogP contribution in [0.5, 0.6) is 5.75 Å². The van der Waals surface area contributed by atoms with Crippen molar-refractivity contribution in [3.63, 3.8) is 0 Å². The molecule has 1 heterocycles. The number of ether oxygens (including phenoxy) is 1. The van der Waals surface area contributed by atoms with E-state index in [1.54, 1.807) is 13.2 Å². The second-order valence-electron chi connectivity index (χ2n) is 5.56. The fourth-order valence-corrected chi connectivity index (χ4v) is 2.80. The Morgan fingerprint density at radius 2 is 2.29 bits per heavy atom. The molecule has 1 N–H and O–H groups in total. The molecule has 0 aliphatic carbocycles. The first kappa shape index (κ1) is 15.6. The van der Waals surface area contributed by atoms with E-state index in [1.165, 1.54) is 19.3 Å². The Morgan fingerprint density at radius 1 is 1.48 bits per heavy atom. The zero-order valence-electron chi connectivity index (χ0n) is 12.7. The number of piperidine rings is 1. The largest absolute Gasteiger partial charge is 0.496 e. The Kier molecular flexibility index (Phi) is 5.39. The molecule has 1 saturated heterocycles. The molecule has 4 heteroatoms. The third-order valence-corrected chi connectivity index (χ3v) is 4.04. The quantitative estimate of drug-likeness (QED) is 0.846. The van der Waals surface area contributed by atoms with Crippen LogP contribution in [-0.2, 0) is 11.3 Å². The normalized spacial score (nSPS) is 19.8. The average molecular weight is 289 g/mol. The molecule has 0 amide bonds. The van der Waals surface area contributed by atoms with Crippen LogP contribution < -0.4 is 4.74 Å². The highest BCUT2D eigenvalue weighted by Gasteiger charge is 2.19. The molecular weight excluding hydrogens is 266 g/mol. The number of rotatable bonds is 5. The van der Waals surface area contributed by atoms with Crippen molar-refractivity contribution >= 4 is 12.0 Å². The zero-order chi connectivity index (χ0) is 15.2. The van der Waals surface area contributed by atoms with E-state index >= 15 is 0 Å². The summed E-state index contributed by atoms with van der Waals surface area (Å²) in [5, 5.41) is 8.72. The van der Waals surface area contributed by atoms with E-state index in [9.17, 15) is 4.79 Å². The number of carbonyl (C=O) groups is 1. The molecule has 0 radical (unpaired) electrons. The number of methoxy groups -OCH3 is 1. The highest BCUT2D eigenvalue weighted by atomic mass is 16.5. The third kappa shape index (κ3) is 4.33. The molecule has 21 heavy (non-hydrogen) atoms. The van der Waals surface area contributed by atoms with Gasteiger partial charge in [0.15, 0.2) is 0 Å². The lowest BCUT2D eigenvalue weighted by molar-refractivity contribution is -0.131. The summed E-state index contributed by atoms with van der Waals surface area (Å²) in [5.41, 5.74) is 2.00. The molecule has 1 unspecified atom stereocenters. The van der Waals surface area contributed by atoms with Gasteiger partial charge < -0.3 is 9.84 Å². The van der Waals surface area contributed by atoms with Gasteiger partial charge in [0, 0.05) is 24.2 Å². The van der Waals surface area contributed by atoms with Crippen LogP contribution in [-0.4, -0.2) is 35.7 Å². The number of benzene rings is 1. The molecule has 1 fully saturated rings. The van der Waals surface area contributed by atoms with Gasteiger partial charge in [0.25, 0.3) is 0 Å². The summed E-state index contributed by atoms with van der Waals surface area (Å²) in [6.07, 6.45) is 6.56. The lowest BCUT2D eigenvalue weighted by Crippen LogP contribution is -2.36. The van der Waals surface area contributed by atoms with Crippen LogP contribution in [0.15, 0.2) is 24.3 Å². The summed E-state index contributed by atoms with van der Waals surface area (Å²) >= 11 is 0. The summed E-state index contributed by atoms with van der Waals surface area (Å²) < 4.78 is 5.44. The molecule has 2 rings (SSSR count). The van der Waals surface area contributed by atoms with Crippen molar-refractivity contribution in [2.24, 2.45) is 0 Å². The minimum atomic E-state index is -0.933. The van der Waals surface area contributed by atoms with E-state index < -0.39 is 5.97 Å². The first-order chi connectivity index (χ1) is 10.1. The van der Waals surface area contributed by atoms with Crippen molar-refractivity contribution in [1.29, 1.82) is 0 Å². The predicted octanol–water partition coefficient (Wildman–Crippen LogP) is 3.17. The Labute approximate surface area is 126 Å². The van der Waals surface area contributed by atoms with E-state index in [2.05, 4.69) is 11.8 Å². The van der Waals surface area contributed by atoms with Gasteiger partial charge in [0.1, 0.15) is 5.75 Å². The molecule has 114 valence electrons. The van der Waals surface area contributed by atoms with Crippen molar-refractivity contribution in [3.05, 3.63) is 35.4 Å². The van der Waals surface area contributed by atoms with Crippen LogP contribution >= 0.6 is 0 Å². The van der Waals surface area contributed by atoms with Crippen LogP contribution in [0.1, 0.15) is 37.3 Å². The number of aliphatic carboxylic acids is 1. The maximum Gasteiger partial charge on any atom is 0.328 e. The lowest BCUT2D eigenvalue weighted by Gasteiger charge is -2.33. The molecule has 0 spiro atoms. The van der Waals surface area contributed by atoms with Gasteiger partial charge in [-0.05, 0) is 50.1 Å². The van der Waals surface area contributed by atoms with Gasteiger partial charge in [0.2, 0.25) is 0 Å². The maximum atomic E-state index is 10.6. The van der Waals surface area contributed by atoms with Gasteiger partial charge in [-0.2, -0.15) is 0 Å². The molecule has 1 aliphatic heterocycles. The van der Waals surface area contributed by atoms with Crippen LogP contribution in [0.3, 0.4) is 0 Å². The van der Waals surface area contributed by atoms with Crippen molar-refractivity contribution in [2.75, 3.05) is 13.7 Å². The Morgan fingerprint density at radius 3 is 2.95 bits per heavy atom. The number of nitrogens with zero attached hydrogens (tertiary/aromatic N) is 1. The summed E-state index contributed by atoms with van der Waals surface area (Å²) in [7, 11) is 1.67. The molecule has 1 aromatic carbocycles. The number of carboxylic acid groups (broad SMARTS) is 1. The third-order valence-electron chi connectivity index (χ3n) is 4.04. The number of carboxylic acids is 1. The first-order valence-corrected chi connectivity index (χ1v) is 7.42. The van der Waals surface area contributed by atoms with Crippen molar-refractivity contribution in [2.45, 2.75) is 38.8 Å². The predicted molar refractivity (Wildman–Crippen MR) is 83.4 cm³/mol. The van der Waals surface area contributed by atoms with Gasteiger partial charge in [-0.15, -0.1) is 0 Å². The van der Waals surface area contributed by atoms with Crippen molar-refractivity contribution in [3.8, 4) is 5.75 Å². The minimum absolute atomic E-state index is 0.585. The molecule has 0 saturated carbocycles. The molecule has 1 aromatic rings. The Balaban J connectivity index is 2.19. The highest BCUT2D eigenvalue weighted by molar-refractivity contribution is 5.85. The monoisotopic (exact) mass is 289 g/mol. The summed E-state index contributed by atoms with van der Waals surface area (Å²) in [6, 6.07) is 6.38.